The zero-order valence-corrected chi connectivity index (χ0v) is 18.4. The molecule has 32 heavy (non-hydrogen) atoms. The average molecular weight is 433 g/mol. The Kier molecular flexibility index (Phi) is 5.61. The Balaban J connectivity index is 1.51. The SMILES string of the molecule is CC(=O)Nc1ccc(Cn2nc(-c3nc(-c4ccc(C(C)(C)F)cc4)no3)cc2C)cc1. The standard InChI is InChI=1S/C24H24FN5O2/c1-15-13-21(28-30(15)14-17-5-11-20(12-6-17)26-16(2)31)23-27-22(29-32-23)18-7-9-19(10-8-18)24(3,4)25/h5-13H,14H2,1-4H3,(H,26,31). The molecule has 0 spiro atoms. The van der Waals surface area contributed by atoms with Gasteiger partial charge in [0.25, 0.3) is 5.89 Å². The largest absolute Gasteiger partial charge is 0.332 e. The Bertz CT molecular complexity index is 1230. The molecule has 4 aromatic rings. The molecule has 0 radical (unpaired) electrons. The van der Waals surface area contributed by atoms with Gasteiger partial charge in [-0.15, -0.1) is 0 Å². The number of benzene rings is 2. The molecule has 8 heteroatoms. The third kappa shape index (κ3) is 4.74. The Morgan fingerprint density at radius 1 is 1.12 bits per heavy atom. The molecule has 0 unspecified atom stereocenters. The van der Waals surface area contributed by atoms with Gasteiger partial charge < -0.3 is 9.84 Å². The van der Waals surface area contributed by atoms with Crippen molar-refractivity contribution in [2.75, 3.05) is 5.32 Å². The summed E-state index contributed by atoms with van der Waals surface area (Å²) < 4.78 is 21.3. The summed E-state index contributed by atoms with van der Waals surface area (Å²) >= 11 is 0. The first-order valence-electron chi connectivity index (χ1n) is 10.2. The Labute approximate surface area is 185 Å². The molecular weight excluding hydrogens is 409 g/mol. The Morgan fingerprint density at radius 3 is 2.44 bits per heavy atom. The first kappa shape index (κ1) is 21.4. The van der Waals surface area contributed by atoms with Crippen molar-refractivity contribution >= 4 is 11.6 Å². The minimum absolute atomic E-state index is 0.105. The normalized spacial score (nSPS) is 11.5. The van der Waals surface area contributed by atoms with Crippen molar-refractivity contribution in [2.45, 2.75) is 39.9 Å². The molecule has 2 aromatic carbocycles. The quantitative estimate of drug-likeness (QED) is 0.456. The van der Waals surface area contributed by atoms with E-state index in [4.69, 9.17) is 4.52 Å². The Hall–Kier alpha value is -3.81. The van der Waals surface area contributed by atoms with Crippen LogP contribution in [-0.2, 0) is 17.0 Å². The molecule has 2 heterocycles. The van der Waals surface area contributed by atoms with Crippen LogP contribution in [0.5, 0.6) is 0 Å². The maximum Gasteiger partial charge on any atom is 0.278 e. The van der Waals surface area contributed by atoms with E-state index in [1.54, 1.807) is 24.3 Å². The van der Waals surface area contributed by atoms with Crippen LogP contribution in [0.3, 0.4) is 0 Å². The molecule has 4 rings (SSSR count). The molecule has 1 N–H and O–H groups in total. The molecule has 0 aliphatic heterocycles. The van der Waals surface area contributed by atoms with E-state index in [-0.39, 0.29) is 5.91 Å². The van der Waals surface area contributed by atoms with E-state index in [1.165, 1.54) is 20.8 Å². The number of nitrogens with zero attached hydrogens (tertiary/aromatic N) is 4. The maximum absolute atomic E-state index is 14.1. The summed E-state index contributed by atoms with van der Waals surface area (Å²) in [5.41, 5.74) is 3.24. The molecule has 0 bridgehead atoms. The van der Waals surface area contributed by atoms with Crippen molar-refractivity contribution in [3.05, 3.63) is 71.4 Å². The van der Waals surface area contributed by atoms with Gasteiger partial charge in [-0.25, -0.2) is 4.39 Å². The van der Waals surface area contributed by atoms with Crippen LogP contribution in [0.2, 0.25) is 0 Å². The molecule has 0 aliphatic carbocycles. The first-order chi connectivity index (χ1) is 15.2. The van der Waals surface area contributed by atoms with E-state index in [2.05, 4.69) is 20.6 Å². The third-order valence-corrected chi connectivity index (χ3v) is 5.06. The number of nitrogens with one attached hydrogen (secondary N) is 1. The molecule has 0 atom stereocenters. The fourth-order valence-corrected chi connectivity index (χ4v) is 3.30. The van der Waals surface area contributed by atoms with E-state index in [1.807, 2.05) is 41.9 Å². The van der Waals surface area contributed by atoms with Gasteiger partial charge in [0.05, 0.1) is 6.54 Å². The van der Waals surface area contributed by atoms with Crippen LogP contribution in [0.1, 0.15) is 37.6 Å². The number of amides is 1. The molecular formula is C24H24FN5O2. The summed E-state index contributed by atoms with van der Waals surface area (Å²) in [6.07, 6.45) is 0. The van der Waals surface area contributed by atoms with Crippen LogP contribution < -0.4 is 5.32 Å². The van der Waals surface area contributed by atoms with Crippen LogP contribution in [0.25, 0.3) is 23.0 Å². The van der Waals surface area contributed by atoms with E-state index in [0.29, 0.717) is 29.5 Å². The molecule has 0 saturated carbocycles. The number of anilines is 1. The van der Waals surface area contributed by atoms with Gasteiger partial charge in [0.1, 0.15) is 5.67 Å². The third-order valence-electron chi connectivity index (χ3n) is 5.06. The summed E-state index contributed by atoms with van der Waals surface area (Å²) in [7, 11) is 0. The van der Waals surface area contributed by atoms with Crippen molar-refractivity contribution in [1.82, 2.24) is 19.9 Å². The van der Waals surface area contributed by atoms with Crippen LogP contribution >= 0.6 is 0 Å². The molecule has 0 saturated heterocycles. The van der Waals surface area contributed by atoms with Crippen molar-refractivity contribution < 1.29 is 13.7 Å². The predicted octanol–water partition coefficient (Wildman–Crippen LogP) is 5.12. The second-order valence-corrected chi connectivity index (χ2v) is 8.18. The van der Waals surface area contributed by atoms with Gasteiger partial charge in [0.15, 0.2) is 5.69 Å². The smallest absolute Gasteiger partial charge is 0.278 e. The minimum atomic E-state index is -1.41. The lowest BCUT2D eigenvalue weighted by molar-refractivity contribution is -0.114. The van der Waals surface area contributed by atoms with E-state index >= 15 is 0 Å². The van der Waals surface area contributed by atoms with Gasteiger partial charge in [0, 0.05) is 23.9 Å². The second kappa shape index (κ2) is 8.37. The van der Waals surface area contributed by atoms with Gasteiger partial charge in [0.2, 0.25) is 11.7 Å². The molecule has 2 aromatic heterocycles. The summed E-state index contributed by atoms with van der Waals surface area (Å²) in [6, 6.07) is 16.5. The fraction of sp³-hybridized carbons (Fsp3) is 0.250. The van der Waals surface area contributed by atoms with Gasteiger partial charge in [-0.2, -0.15) is 10.1 Å². The van der Waals surface area contributed by atoms with E-state index in [0.717, 1.165) is 22.5 Å². The van der Waals surface area contributed by atoms with Crippen LogP contribution in [0.4, 0.5) is 10.1 Å². The average Bonchev–Trinajstić information content (AvgIpc) is 3.36. The van der Waals surface area contributed by atoms with Gasteiger partial charge in [-0.05, 0) is 50.1 Å². The van der Waals surface area contributed by atoms with Crippen LogP contribution in [0, 0.1) is 6.92 Å². The predicted molar refractivity (Wildman–Crippen MR) is 120 cm³/mol. The number of aromatic nitrogens is 4. The summed E-state index contributed by atoms with van der Waals surface area (Å²) in [4.78, 5) is 15.6. The number of carbonyl (C=O) groups excluding carboxylic acids is 1. The summed E-state index contributed by atoms with van der Waals surface area (Å²) in [5.74, 6) is 0.633. The lowest BCUT2D eigenvalue weighted by atomic mass is 9.99. The highest BCUT2D eigenvalue weighted by molar-refractivity contribution is 5.88. The molecule has 0 fully saturated rings. The van der Waals surface area contributed by atoms with Crippen molar-refractivity contribution in [2.24, 2.45) is 0 Å². The molecule has 1 amide bonds. The number of hydrogen-bond donors (Lipinski definition) is 1. The van der Waals surface area contributed by atoms with Crippen molar-refractivity contribution in [3.63, 3.8) is 0 Å². The molecule has 164 valence electrons. The van der Waals surface area contributed by atoms with E-state index in [9.17, 15) is 9.18 Å². The summed E-state index contributed by atoms with van der Waals surface area (Å²) in [6.45, 7) is 7.03. The van der Waals surface area contributed by atoms with Gasteiger partial charge in [-0.3, -0.25) is 9.48 Å². The fourth-order valence-electron chi connectivity index (χ4n) is 3.30. The number of carbonyl (C=O) groups is 1. The maximum atomic E-state index is 14.1. The van der Waals surface area contributed by atoms with Crippen molar-refractivity contribution in [1.29, 1.82) is 0 Å². The number of hydrogen-bond acceptors (Lipinski definition) is 5. The molecule has 7 nitrogen and oxygen atoms in total. The topological polar surface area (TPSA) is 85.8 Å². The monoisotopic (exact) mass is 433 g/mol. The first-order valence-corrected chi connectivity index (χ1v) is 10.2. The highest BCUT2D eigenvalue weighted by atomic mass is 19.1. The minimum Gasteiger partial charge on any atom is -0.332 e. The summed E-state index contributed by atoms with van der Waals surface area (Å²) in [5, 5.41) is 11.4. The van der Waals surface area contributed by atoms with Gasteiger partial charge >= 0.3 is 0 Å². The number of rotatable bonds is 6. The Morgan fingerprint density at radius 2 is 1.81 bits per heavy atom. The van der Waals surface area contributed by atoms with Crippen LogP contribution in [-0.4, -0.2) is 25.8 Å². The second-order valence-electron chi connectivity index (χ2n) is 8.18. The molecule has 0 aliphatic rings. The zero-order chi connectivity index (χ0) is 22.9. The number of alkyl halides is 1. The van der Waals surface area contributed by atoms with Crippen LogP contribution in [0.15, 0.2) is 59.1 Å². The highest BCUT2D eigenvalue weighted by Gasteiger charge is 2.19. The van der Waals surface area contributed by atoms with Crippen molar-refractivity contribution in [3.8, 4) is 23.0 Å². The lowest BCUT2D eigenvalue weighted by Gasteiger charge is -2.14. The lowest BCUT2D eigenvalue weighted by Crippen LogP contribution is -2.08. The van der Waals surface area contributed by atoms with Gasteiger partial charge in [-0.1, -0.05) is 41.6 Å². The van der Waals surface area contributed by atoms with E-state index < -0.39 is 5.67 Å². The number of halogens is 1. The number of aryl methyl sites for hydroxylation is 1. The zero-order valence-electron chi connectivity index (χ0n) is 18.4. The highest BCUT2D eigenvalue weighted by Crippen LogP contribution is 2.27.